The summed E-state index contributed by atoms with van der Waals surface area (Å²) in [6.45, 7) is 0. The molecule has 1 aliphatic rings. The van der Waals surface area contributed by atoms with Crippen molar-refractivity contribution in [2.45, 2.75) is 0 Å². The number of imide groups is 1. The Balaban J connectivity index is 1.58. The highest BCUT2D eigenvalue weighted by atomic mass is 16.5. The number of rotatable bonds is 5. The van der Waals surface area contributed by atoms with Crippen LogP contribution in [0.4, 0.5) is 11.4 Å². The SMILES string of the molecule is COc1ccc(C(=O)Nc2cccc(N3C(=O)c4ccccc4C3=O)c2)cc1OC. The minimum absolute atomic E-state index is 0.363. The largest absolute Gasteiger partial charge is 0.493 e. The quantitative estimate of drug-likeness (QED) is 0.657. The lowest BCUT2D eigenvalue weighted by atomic mass is 10.1. The lowest BCUT2D eigenvalue weighted by Gasteiger charge is -2.15. The monoisotopic (exact) mass is 402 g/mol. The standard InChI is InChI=1S/C23H18N2O5/c1-29-19-11-10-14(12-20(19)30-2)21(26)24-15-6-5-7-16(13-15)25-22(27)17-8-3-4-9-18(17)23(25)28/h3-13H,1-2H3,(H,24,26). The van der Waals surface area contributed by atoms with Crippen molar-refractivity contribution in [3.8, 4) is 11.5 Å². The first kappa shape index (κ1) is 19.2. The van der Waals surface area contributed by atoms with E-state index in [9.17, 15) is 14.4 Å². The van der Waals surface area contributed by atoms with Gasteiger partial charge >= 0.3 is 0 Å². The molecule has 1 N–H and O–H groups in total. The molecule has 0 aromatic heterocycles. The number of methoxy groups -OCH3 is 2. The second kappa shape index (κ2) is 7.71. The second-order valence-corrected chi connectivity index (χ2v) is 6.57. The Morgan fingerprint density at radius 3 is 2.10 bits per heavy atom. The lowest BCUT2D eigenvalue weighted by Crippen LogP contribution is -2.29. The van der Waals surface area contributed by atoms with E-state index in [0.717, 1.165) is 4.90 Å². The maximum absolute atomic E-state index is 12.7. The number of fused-ring (bicyclic) bond motifs is 1. The van der Waals surface area contributed by atoms with Gasteiger partial charge in [-0.15, -0.1) is 0 Å². The summed E-state index contributed by atoms with van der Waals surface area (Å²) in [6, 6.07) is 18.1. The van der Waals surface area contributed by atoms with Crippen molar-refractivity contribution in [3.63, 3.8) is 0 Å². The van der Waals surface area contributed by atoms with Crippen molar-refractivity contribution < 1.29 is 23.9 Å². The van der Waals surface area contributed by atoms with Crippen molar-refractivity contribution in [3.05, 3.63) is 83.4 Å². The summed E-state index contributed by atoms with van der Waals surface area (Å²) in [7, 11) is 3.01. The smallest absolute Gasteiger partial charge is 0.266 e. The molecule has 30 heavy (non-hydrogen) atoms. The predicted molar refractivity (Wildman–Crippen MR) is 112 cm³/mol. The summed E-state index contributed by atoms with van der Waals surface area (Å²) in [4.78, 5) is 39.1. The topological polar surface area (TPSA) is 84.9 Å². The summed E-state index contributed by atoms with van der Waals surface area (Å²) >= 11 is 0. The second-order valence-electron chi connectivity index (χ2n) is 6.57. The molecule has 4 rings (SSSR count). The third-order valence-electron chi connectivity index (χ3n) is 4.80. The summed E-state index contributed by atoms with van der Waals surface area (Å²) in [5.74, 6) is -0.194. The summed E-state index contributed by atoms with van der Waals surface area (Å²) in [6.07, 6.45) is 0. The third-order valence-corrected chi connectivity index (χ3v) is 4.80. The number of hydrogen-bond donors (Lipinski definition) is 1. The molecule has 0 unspecified atom stereocenters. The number of nitrogens with zero attached hydrogens (tertiary/aromatic N) is 1. The van der Waals surface area contributed by atoms with Gasteiger partial charge in [0.15, 0.2) is 11.5 Å². The van der Waals surface area contributed by atoms with Gasteiger partial charge in [0.05, 0.1) is 31.0 Å². The van der Waals surface area contributed by atoms with Gasteiger partial charge in [0.25, 0.3) is 17.7 Å². The zero-order valence-corrected chi connectivity index (χ0v) is 16.3. The Labute approximate surface area is 172 Å². The van der Waals surface area contributed by atoms with Gasteiger partial charge in [-0.2, -0.15) is 0 Å². The van der Waals surface area contributed by atoms with Gasteiger partial charge in [-0.1, -0.05) is 18.2 Å². The van der Waals surface area contributed by atoms with Crippen molar-refractivity contribution in [1.82, 2.24) is 0 Å². The van der Waals surface area contributed by atoms with Crippen molar-refractivity contribution in [2.75, 3.05) is 24.4 Å². The van der Waals surface area contributed by atoms with Gasteiger partial charge in [-0.05, 0) is 48.5 Å². The van der Waals surface area contributed by atoms with Crippen LogP contribution >= 0.6 is 0 Å². The van der Waals surface area contributed by atoms with Crippen LogP contribution in [0, 0.1) is 0 Å². The predicted octanol–water partition coefficient (Wildman–Crippen LogP) is 3.76. The summed E-state index contributed by atoms with van der Waals surface area (Å²) in [5, 5.41) is 2.78. The summed E-state index contributed by atoms with van der Waals surface area (Å²) in [5.41, 5.74) is 1.93. The molecule has 0 saturated carbocycles. The highest BCUT2D eigenvalue weighted by Crippen LogP contribution is 2.31. The molecule has 3 aromatic rings. The lowest BCUT2D eigenvalue weighted by molar-refractivity contribution is 0.0925. The van der Waals surface area contributed by atoms with Crippen LogP contribution in [-0.4, -0.2) is 31.9 Å². The van der Waals surface area contributed by atoms with Crippen LogP contribution < -0.4 is 19.7 Å². The maximum Gasteiger partial charge on any atom is 0.266 e. The van der Waals surface area contributed by atoms with Crippen LogP contribution in [0.5, 0.6) is 11.5 Å². The molecule has 0 aliphatic carbocycles. The molecule has 1 aliphatic heterocycles. The average Bonchev–Trinajstić information content (AvgIpc) is 3.03. The van der Waals surface area contributed by atoms with Gasteiger partial charge in [0.2, 0.25) is 0 Å². The first-order chi connectivity index (χ1) is 14.5. The molecule has 0 spiro atoms. The first-order valence-electron chi connectivity index (χ1n) is 9.14. The van der Waals surface area contributed by atoms with E-state index in [1.165, 1.54) is 14.2 Å². The number of anilines is 2. The normalized spacial score (nSPS) is 12.5. The molecule has 3 aromatic carbocycles. The number of ether oxygens (including phenoxy) is 2. The number of carbonyl (C=O) groups excluding carboxylic acids is 3. The fraction of sp³-hybridized carbons (Fsp3) is 0.0870. The molecule has 0 saturated heterocycles. The van der Waals surface area contributed by atoms with Crippen LogP contribution in [0.2, 0.25) is 0 Å². The van der Waals surface area contributed by atoms with Crippen molar-refractivity contribution in [2.24, 2.45) is 0 Å². The Bertz CT molecular complexity index is 1140. The molecule has 0 fully saturated rings. The number of benzene rings is 3. The van der Waals surface area contributed by atoms with E-state index in [1.807, 2.05) is 0 Å². The zero-order chi connectivity index (χ0) is 21.3. The molecule has 150 valence electrons. The van der Waals surface area contributed by atoms with Crippen LogP contribution in [0.1, 0.15) is 31.1 Å². The van der Waals surface area contributed by atoms with Crippen LogP contribution in [0.15, 0.2) is 66.7 Å². The van der Waals surface area contributed by atoms with Crippen molar-refractivity contribution >= 4 is 29.1 Å². The Morgan fingerprint density at radius 2 is 1.47 bits per heavy atom. The Hall–Kier alpha value is -4.13. The molecular weight excluding hydrogens is 384 g/mol. The van der Waals surface area contributed by atoms with Gasteiger partial charge in [-0.3, -0.25) is 14.4 Å². The van der Waals surface area contributed by atoms with Gasteiger partial charge in [0, 0.05) is 11.3 Å². The molecular formula is C23H18N2O5. The van der Waals surface area contributed by atoms with Gasteiger partial charge in [0.1, 0.15) is 0 Å². The van der Waals surface area contributed by atoms with E-state index in [0.29, 0.717) is 39.6 Å². The van der Waals surface area contributed by atoms with Gasteiger partial charge < -0.3 is 14.8 Å². The van der Waals surface area contributed by atoms with Crippen LogP contribution in [0.25, 0.3) is 0 Å². The van der Waals surface area contributed by atoms with Crippen LogP contribution in [0.3, 0.4) is 0 Å². The van der Waals surface area contributed by atoms with E-state index in [4.69, 9.17) is 9.47 Å². The molecule has 7 heteroatoms. The molecule has 0 bridgehead atoms. The first-order valence-corrected chi connectivity index (χ1v) is 9.14. The molecule has 7 nitrogen and oxygen atoms in total. The molecule has 3 amide bonds. The van der Waals surface area contributed by atoms with E-state index >= 15 is 0 Å². The number of carbonyl (C=O) groups is 3. The molecule has 1 heterocycles. The van der Waals surface area contributed by atoms with Crippen molar-refractivity contribution in [1.29, 1.82) is 0 Å². The minimum Gasteiger partial charge on any atom is -0.493 e. The third kappa shape index (κ3) is 3.26. The number of amides is 3. The minimum atomic E-state index is -0.390. The molecule has 0 radical (unpaired) electrons. The highest BCUT2D eigenvalue weighted by Gasteiger charge is 2.36. The maximum atomic E-state index is 12.7. The van der Waals surface area contributed by atoms with E-state index in [2.05, 4.69) is 5.32 Å². The van der Waals surface area contributed by atoms with E-state index < -0.39 is 0 Å². The fourth-order valence-corrected chi connectivity index (χ4v) is 3.33. The number of hydrogen-bond acceptors (Lipinski definition) is 5. The van der Waals surface area contributed by atoms with Gasteiger partial charge in [-0.25, -0.2) is 4.90 Å². The summed E-state index contributed by atoms with van der Waals surface area (Å²) < 4.78 is 10.4. The van der Waals surface area contributed by atoms with E-state index in [1.54, 1.807) is 66.7 Å². The van der Waals surface area contributed by atoms with Crippen LogP contribution in [-0.2, 0) is 0 Å². The highest BCUT2D eigenvalue weighted by molar-refractivity contribution is 6.34. The Kier molecular flexibility index (Phi) is 4.93. The molecule has 0 atom stereocenters. The zero-order valence-electron chi connectivity index (χ0n) is 16.3. The number of nitrogens with one attached hydrogen (secondary N) is 1. The van der Waals surface area contributed by atoms with E-state index in [-0.39, 0.29) is 17.7 Å². The average molecular weight is 402 g/mol. The Morgan fingerprint density at radius 1 is 0.800 bits per heavy atom. The fourth-order valence-electron chi connectivity index (χ4n) is 3.33.